The fourth-order valence-corrected chi connectivity index (χ4v) is 4.68. The molecule has 3 rings (SSSR count). The highest BCUT2D eigenvalue weighted by Crippen LogP contribution is 2.26. The molecule has 1 heterocycles. The number of hydrogen-bond acceptors (Lipinski definition) is 5. The van der Waals surface area contributed by atoms with Crippen LogP contribution in [0.1, 0.15) is 18.4 Å². The van der Waals surface area contributed by atoms with Crippen molar-refractivity contribution in [3.8, 4) is 5.75 Å². The summed E-state index contributed by atoms with van der Waals surface area (Å²) in [5.74, 6) is 0.00662. The monoisotopic (exact) mass is 423 g/mol. The van der Waals surface area contributed by atoms with Gasteiger partial charge in [0.25, 0.3) is 0 Å². The number of nitrogens with zero attached hydrogens (tertiary/aromatic N) is 1. The molecule has 6 nitrogen and oxygen atoms in total. The van der Waals surface area contributed by atoms with Crippen molar-refractivity contribution in [3.63, 3.8) is 0 Å². The predicted molar refractivity (Wildman–Crippen MR) is 106 cm³/mol. The predicted octanol–water partition coefficient (Wildman–Crippen LogP) is 3.49. The summed E-state index contributed by atoms with van der Waals surface area (Å²) in [5.41, 5.74) is 0.859. The minimum Gasteiger partial charge on any atom is -0.497 e. The average Bonchev–Trinajstić information content (AvgIpc) is 2.73. The zero-order valence-electron chi connectivity index (χ0n) is 15.5. The molecule has 0 aromatic heterocycles. The molecule has 0 atom stereocenters. The first kappa shape index (κ1) is 20.6. The second-order valence-electron chi connectivity index (χ2n) is 6.59. The van der Waals surface area contributed by atoms with Crippen LogP contribution in [0.3, 0.4) is 0 Å². The Bertz CT molecular complexity index is 905. The van der Waals surface area contributed by atoms with Crippen LogP contribution in [0.2, 0.25) is 5.02 Å². The minimum absolute atomic E-state index is 0.181. The molecule has 0 unspecified atom stereocenters. The van der Waals surface area contributed by atoms with Gasteiger partial charge in [0.2, 0.25) is 10.0 Å². The number of benzene rings is 2. The first-order chi connectivity index (χ1) is 13.4. The number of methoxy groups -OCH3 is 1. The highest BCUT2D eigenvalue weighted by Gasteiger charge is 2.32. The minimum atomic E-state index is -3.58. The zero-order chi connectivity index (χ0) is 20.1. The van der Waals surface area contributed by atoms with Gasteiger partial charge in [-0.1, -0.05) is 23.7 Å². The fraction of sp³-hybridized carbons (Fsp3) is 0.350. The van der Waals surface area contributed by atoms with Gasteiger partial charge in [-0.05, 0) is 54.8 Å². The number of esters is 1. The van der Waals surface area contributed by atoms with Crippen LogP contribution in [0, 0.1) is 5.92 Å². The molecule has 0 amide bonds. The molecule has 0 radical (unpaired) electrons. The fourth-order valence-electron chi connectivity index (χ4n) is 3.08. The van der Waals surface area contributed by atoms with E-state index < -0.39 is 10.0 Å². The highest BCUT2D eigenvalue weighted by molar-refractivity contribution is 7.89. The van der Waals surface area contributed by atoms with Crippen molar-refractivity contribution in [2.45, 2.75) is 24.3 Å². The van der Waals surface area contributed by atoms with E-state index in [-0.39, 0.29) is 36.5 Å². The van der Waals surface area contributed by atoms with Crippen LogP contribution in [-0.2, 0) is 26.2 Å². The lowest BCUT2D eigenvalue weighted by Crippen LogP contribution is -2.40. The van der Waals surface area contributed by atoms with E-state index in [4.69, 9.17) is 21.1 Å². The summed E-state index contributed by atoms with van der Waals surface area (Å²) in [6, 6.07) is 13.4. The second kappa shape index (κ2) is 8.94. The van der Waals surface area contributed by atoms with Gasteiger partial charge < -0.3 is 9.47 Å². The van der Waals surface area contributed by atoms with Crippen LogP contribution in [0.5, 0.6) is 5.75 Å². The normalized spacial score (nSPS) is 15.9. The quantitative estimate of drug-likeness (QED) is 0.665. The number of hydrogen-bond donors (Lipinski definition) is 0. The Balaban J connectivity index is 1.54. The van der Waals surface area contributed by atoms with E-state index in [1.807, 2.05) is 0 Å². The SMILES string of the molecule is COc1ccc(S(=O)(=O)N2CCC(C(=O)OCc3ccc(Cl)cc3)CC2)cc1. The lowest BCUT2D eigenvalue weighted by atomic mass is 9.98. The highest BCUT2D eigenvalue weighted by atomic mass is 35.5. The Kier molecular flexibility index (Phi) is 6.59. The summed E-state index contributed by atoms with van der Waals surface area (Å²) in [4.78, 5) is 12.5. The van der Waals surface area contributed by atoms with Gasteiger partial charge in [0, 0.05) is 18.1 Å². The number of rotatable bonds is 6. The van der Waals surface area contributed by atoms with E-state index in [1.165, 1.54) is 23.5 Å². The van der Waals surface area contributed by atoms with Crippen molar-refractivity contribution in [3.05, 3.63) is 59.1 Å². The second-order valence-corrected chi connectivity index (χ2v) is 8.96. The van der Waals surface area contributed by atoms with Crippen LogP contribution in [-0.4, -0.2) is 38.9 Å². The summed E-state index contributed by atoms with van der Waals surface area (Å²) < 4.78 is 37.4. The number of carbonyl (C=O) groups is 1. The van der Waals surface area contributed by atoms with Gasteiger partial charge in [0.05, 0.1) is 17.9 Å². The van der Waals surface area contributed by atoms with Crippen molar-refractivity contribution < 1.29 is 22.7 Å². The van der Waals surface area contributed by atoms with E-state index in [1.54, 1.807) is 36.4 Å². The first-order valence-corrected chi connectivity index (χ1v) is 10.8. The van der Waals surface area contributed by atoms with Gasteiger partial charge in [-0.3, -0.25) is 4.79 Å². The lowest BCUT2D eigenvalue weighted by molar-refractivity contribution is -0.151. The van der Waals surface area contributed by atoms with E-state index in [9.17, 15) is 13.2 Å². The largest absolute Gasteiger partial charge is 0.497 e. The maximum Gasteiger partial charge on any atom is 0.309 e. The third kappa shape index (κ3) is 4.84. The van der Waals surface area contributed by atoms with Gasteiger partial charge in [-0.25, -0.2) is 8.42 Å². The number of carbonyl (C=O) groups excluding carboxylic acids is 1. The number of halogens is 1. The van der Waals surface area contributed by atoms with Crippen molar-refractivity contribution in [1.29, 1.82) is 0 Å². The van der Waals surface area contributed by atoms with Crippen LogP contribution >= 0.6 is 11.6 Å². The average molecular weight is 424 g/mol. The molecule has 1 fully saturated rings. The Morgan fingerprint density at radius 1 is 1.07 bits per heavy atom. The summed E-state index contributed by atoms with van der Waals surface area (Å²) in [7, 11) is -2.05. The van der Waals surface area contributed by atoms with Crippen LogP contribution in [0.4, 0.5) is 0 Å². The van der Waals surface area contributed by atoms with E-state index in [0.29, 0.717) is 23.6 Å². The van der Waals surface area contributed by atoms with Gasteiger partial charge >= 0.3 is 5.97 Å². The van der Waals surface area contributed by atoms with Gasteiger partial charge in [-0.2, -0.15) is 4.31 Å². The molecule has 0 aliphatic carbocycles. The Morgan fingerprint density at radius 3 is 2.25 bits per heavy atom. The molecular weight excluding hydrogens is 402 g/mol. The Hall–Kier alpha value is -2.09. The summed E-state index contributed by atoms with van der Waals surface area (Å²) in [5, 5.41) is 0.625. The third-order valence-corrected chi connectivity index (χ3v) is 6.94. The Labute approximate surface area is 170 Å². The summed E-state index contributed by atoms with van der Waals surface area (Å²) in [6.07, 6.45) is 0.879. The van der Waals surface area contributed by atoms with Gasteiger partial charge in [0.1, 0.15) is 12.4 Å². The molecule has 1 aliphatic heterocycles. The smallest absolute Gasteiger partial charge is 0.309 e. The first-order valence-electron chi connectivity index (χ1n) is 8.95. The molecule has 2 aromatic carbocycles. The molecule has 0 spiro atoms. The third-order valence-electron chi connectivity index (χ3n) is 4.78. The number of ether oxygens (including phenoxy) is 2. The summed E-state index contributed by atoms with van der Waals surface area (Å²) in [6.45, 7) is 0.754. The molecular formula is C20H22ClNO5S. The molecule has 1 aliphatic rings. The van der Waals surface area contributed by atoms with Crippen molar-refractivity contribution in [2.75, 3.05) is 20.2 Å². The van der Waals surface area contributed by atoms with Crippen molar-refractivity contribution in [2.24, 2.45) is 5.92 Å². The van der Waals surface area contributed by atoms with E-state index in [0.717, 1.165) is 5.56 Å². The summed E-state index contributed by atoms with van der Waals surface area (Å²) >= 11 is 5.84. The molecule has 28 heavy (non-hydrogen) atoms. The van der Waals surface area contributed by atoms with Gasteiger partial charge in [-0.15, -0.1) is 0 Å². The maximum absolute atomic E-state index is 12.8. The number of sulfonamides is 1. The van der Waals surface area contributed by atoms with Crippen LogP contribution in [0.15, 0.2) is 53.4 Å². The molecule has 2 aromatic rings. The van der Waals surface area contributed by atoms with Gasteiger partial charge in [0.15, 0.2) is 0 Å². The topological polar surface area (TPSA) is 72.9 Å². The maximum atomic E-state index is 12.8. The van der Waals surface area contributed by atoms with Crippen molar-refractivity contribution >= 4 is 27.6 Å². The molecule has 0 saturated carbocycles. The molecule has 8 heteroatoms. The molecule has 1 saturated heterocycles. The van der Waals surface area contributed by atoms with Crippen LogP contribution in [0.25, 0.3) is 0 Å². The Morgan fingerprint density at radius 2 is 1.68 bits per heavy atom. The lowest BCUT2D eigenvalue weighted by Gasteiger charge is -2.30. The number of piperidine rings is 1. The molecule has 0 bridgehead atoms. The zero-order valence-corrected chi connectivity index (χ0v) is 17.1. The standard InChI is InChI=1S/C20H22ClNO5S/c1-26-18-6-8-19(9-7-18)28(24,25)22-12-10-16(11-13-22)20(23)27-14-15-2-4-17(21)5-3-15/h2-9,16H,10-14H2,1H3. The van der Waals surface area contributed by atoms with E-state index in [2.05, 4.69) is 0 Å². The molecule has 0 N–H and O–H groups in total. The van der Waals surface area contributed by atoms with E-state index >= 15 is 0 Å². The molecule has 150 valence electrons. The van der Waals surface area contributed by atoms with Crippen molar-refractivity contribution in [1.82, 2.24) is 4.31 Å². The van der Waals surface area contributed by atoms with Crippen LogP contribution < -0.4 is 4.74 Å².